The number of rotatable bonds is 4. The summed E-state index contributed by atoms with van der Waals surface area (Å²) in [5.41, 5.74) is 6.07. The van der Waals surface area contributed by atoms with Crippen molar-refractivity contribution in [2.75, 3.05) is 0 Å². The number of hydrogen-bond acceptors (Lipinski definition) is 6. The topological polar surface area (TPSA) is 94.9 Å². The van der Waals surface area contributed by atoms with E-state index in [9.17, 15) is 10.1 Å². The molecule has 0 radical (unpaired) electrons. The van der Waals surface area contributed by atoms with E-state index in [1.165, 1.54) is 23.5 Å². The second-order valence-electron chi connectivity index (χ2n) is 3.85. The summed E-state index contributed by atoms with van der Waals surface area (Å²) in [6.07, 6.45) is 0.721. The van der Waals surface area contributed by atoms with E-state index in [0.29, 0.717) is 15.6 Å². The predicted molar refractivity (Wildman–Crippen MR) is 74.2 cm³/mol. The highest BCUT2D eigenvalue weighted by atomic mass is 35.5. The highest BCUT2D eigenvalue weighted by molar-refractivity contribution is 7.14. The monoisotopic (exact) mass is 298 g/mol. The molecule has 0 spiro atoms. The Balaban J connectivity index is 2.53. The van der Waals surface area contributed by atoms with E-state index in [2.05, 4.69) is 10.2 Å². The molecule has 0 aliphatic rings. The molecule has 1 unspecified atom stereocenters. The van der Waals surface area contributed by atoms with Crippen molar-refractivity contribution < 1.29 is 4.92 Å². The molecule has 2 N–H and O–H groups in total. The smallest absolute Gasteiger partial charge is 0.281 e. The van der Waals surface area contributed by atoms with Crippen LogP contribution in [0.4, 0.5) is 5.69 Å². The molecule has 100 valence electrons. The first-order chi connectivity index (χ1) is 9.04. The average Bonchev–Trinajstić information content (AvgIpc) is 2.86. The molecule has 0 bridgehead atoms. The van der Waals surface area contributed by atoms with Crippen LogP contribution in [0.1, 0.15) is 24.4 Å². The van der Waals surface area contributed by atoms with Gasteiger partial charge in [0.15, 0.2) is 5.01 Å². The lowest BCUT2D eigenvalue weighted by Crippen LogP contribution is -2.07. The quantitative estimate of drug-likeness (QED) is 0.691. The Morgan fingerprint density at radius 2 is 2.26 bits per heavy atom. The van der Waals surface area contributed by atoms with E-state index in [-0.39, 0.29) is 16.8 Å². The van der Waals surface area contributed by atoms with E-state index >= 15 is 0 Å². The molecule has 6 nitrogen and oxygen atoms in total. The largest absolute Gasteiger partial charge is 0.322 e. The van der Waals surface area contributed by atoms with Crippen LogP contribution in [0.2, 0.25) is 5.02 Å². The third-order valence-electron chi connectivity index (χ3n) is 2.60. The summed E-state index contributed by atoms with van der Waals surface area (Å²) >= 11 is 7.26. The molecule has 1 atom stereocenters. The Bertz CT molecular complexity index is 616. The van der Waals surface area contributed by atoms with E-state index in [1.54, 1.807) is 6.07 Å². The van der Waals surface area contributed by atoms with Crippen molar-refractivity contribution in [2.24, 2.45) is 5.73 Å². The molecule has 0 saturated heterocycles. The van der Waals surface area contributed by atoms with Crippen LogP contribution in [0.5, 0.6) is 0 Å². The Morgan fingerprint density at radius 1 is 1.53 bits per heavy atom. The maximum Gasteiger partial charge on any atom is 0.281 e. The Morgan fingerprint density at radius 3 is 2.89 bits per heavy atom. The van der Waals surface area contributed by atoms with Crippen LogP contribution in [0.15, 0.2) is 18.2 Å². The highest BCUT2D eigenvalue weighted by Crippen LogP contribution is 2.38. The van der Waals surface area contributed by atoms with Crippen molar-refractivity contribution in [3.8, 4) is 10.6 Å². The molecular formula is C11H11ClN4O2S. The summed E-state index contributed by atoms with van der Waals surface area (Å²) in [5, 5.41) is 20.3. The molecule has 2 aromatic rings. The predicted octanol–water partition coefficient (Wildman–Crippen LogP) is 3.18. The van der Waals surface area contributed by atoms with Crippen molar-refractivity contribution in [2.45, 2.75) is 19.4 Å². The number of nitro benzene ring substituents is 1. The summed E-state index contributed by atoms with van der Waals surface area (Å²) < 4.78 is 0. The van der Waals surface area contributed by atoms with Crippen LogP contribution < -0.4 is 5.73 Å². The zero-order chi connectivity index (χ0) is 14.0. The third kappa shape index (κ3) is 2.73. The summed E-state index contributed by atoms with van der Waals surface area (Å²) in [4.78, 5) is 10.5. The van der Waals surface area contributed by atoms with Gasteiger partial charge in [0, 0.05) is 6.07 Å². The van der Waals surface area contributed by atoms with Gasteiger partial charge in [-0.3, -0.25) is 10.1 Å². The maximum absolute atomic E-state index is 11.0. The molecule has 1 heterocycles. The van der Waals surface area contributed by atoms with Gasteiger partial charge in [0.2, 0.25) is 0 Å². The van der Waals surface area contributed by atoms with Crippen LogP contribution in [0, 0.1) is 10.1 Å². The SMILES string of the molecule is CCC(N)c1nnc(-c2c(Cl)cccc2[N+](=O)[O-])s1. The normalized spacial score (nSPS) is 12.4. The first-order valence-electron chi connectivity index (χ1n) is 5.56. The molecule has 0 saturated carbocycles. The zero-order valence-corrected chi connectivity index (χ0v) is 11.6. The summed E-state index contributed by atoms with van der Waals surface area (Å²) in [7, 11) is 0. The number of halogens is 1. The second-order valence-corrected chi connectivity index (χ2v) is 5.27. The number of hydrogen-bond donors (Lipinski definition) is 1. The van der Waals surface area contributed by atoms with E-state index in [0.717, 1.165) is 6.42 Å². The standard InChI is InChI=1S/C11H11ClN4O2S/c1-2-7(13)10-14-15-11(19-10)9-6(12)4-3-5-8(9)16(17)18/h3-5,7H,2,13H2,1H3. The number of nitrogens with zero attached hydrogens (tertiary/aromatic N) is 3. The minimum atomic E-state index is -0.484. The first-order valence-corrected chi connectivity index (χ1v) is 6.76. The lowest BCUT2D eigenvalue weighted by atomic mass is 10.2. The van der Waals surface area contributed by atoms with E-state index in [1.807, 2.05) is 6.92 Å². The minimum Gasteiger partial charge on any atom is -0.322 e. The summed E-state index contributed by atoms with van der Waals surface area (Å²) in [6.45, 7) is 1.93. The molecule has 2 rings (SSSR count). The Hall–Kier alpha value is -1.57. The number of nitrogens with two attached hydrogens (primary N) is 1. The molecule has 8 heteroatoms. The fraction of sp³-hybridized carbons (Fsp3) is 0.273. The number of nitro groups is 1. The summed E-state index contributed by atoms with van der Waals surface area (Å²) in [6, 6.07) is 4.30. The van der Waals surface area contributed by atoms with Crippen LogP contribution in [0.25, 0.3) is 10.6 Å². The van der Waals surface area contributed by atoms with Gasteiger partial charge in [-0.05, 0) is 12.5 Å². The molecule has 0 aliphatic carbocycles. The van der Waals surface area contributed by atoms with Gasteiger partial charge in [-0.1, -0.05) is 35.9 Å². The van der Waals surface area contributed by atoms with Crippen molar-refractivity contribution in [3.05, 3.63) is 38.3 Å². The third-order valence-corrected chi connectivity index (χ3v) is 3.99. The molecule has 1 aromatic heterocycles. The van der Waals surface area contributed by atoms with Crippen molar-refractivity contribution in [1.29, 1.82) is 0 Å². The Labute approximate surface area is 118 Å². The van der Waals surface area contributed by atoms with Crippen LogP contribution in [0.3, 0.4) is 0 Å². The fourth-order valence-corrected chi connectivity index (χ4v) is 2.85. The van der Waals surface area contributed by atoms with Gasteiger partial charge in [-0.2, -0.15) is 0 Å². The van der Waals surface area contributed by atoms with Gasteiger partial charge in [-0.25, -0.2) is 0 Å². The fourth-order valence-electron chi connectivity index (χ4n) is 1.54. The van der Waals surface area contributed by atoms with Crippen LogP contribution in [-0.4, -0.2) is 15.1 Å². The van der Waals surface area contributed by atoms with Crippen molar-refractivity contribution in [3.63, 3.8) is 0 Å². The maximum atomic E-state index is 11.0. The lowest BCUT2D eigenvalue weighted by molar-refractivity contribution is -0.384. The van der Waals surface area contributed by atoms with Crippen LogP contribution in [-0.2, 0) is 0 Å². The zero-order valence-electron chi connectivity index (χ0n) is 10.0. The van der Waals surface area contributed by atoms with Gasteiger partial charge in [0.25, 0.3) is 5.69 Å². The molecule has 0 aliphatic heterocycles. The molecule has 19 heavy (non-hydrogen) atoms. The van der Waals surface area contributed by atoms with Crippen molar-refractivity contribution in [1.82, 2.24) is 10.2 Å². The van der Waals surface area contributed by atoms with Crippen molar-refractivity contribution >= 4 is 28.6 Å². The Kier molecular flexibility index (Phi) is 4.08. The first kappa shape index (κ1) is 13.9. The second kappa shape index (κ2) is 5.60. The molecular weight excluding hydrogens is 288 g/mol. The van der Waals surface area contributed by atoms with Gasteiger partial charge in [0.1, 0.15) is 10.6 Å². The van der Waals surface area contributed by atoms with Gasteiger partial charge in [0.05, 0.1) is 16.0 Å². The highest BCUT2D eigenvalue weighted by Gasteiger charge is 2.22. The van der Waals surface area contributed by atoms with Gasteiger partial charge >= 0.3 is 0 Å². The van der Waals surface area contributed by atoms with Gasteiger partial charge < -0.3 is 5.73 Å². The minimum absolute atomic E-state index is 0.0831. The average molecular weight is 299 g/mol. The van der Waals surface area contributed by atoms with E-state index in [4.69, 9.17) is 17.3 Å². The molecule has 0 amide bonds. The lowest BCUT2D eigenvalue weighted by Gasteiger charge is -2.02. The number of benzene rings is 1. The molecule has 1 aromatic carbocycles. The van der Waals surface area contributed by atoms with Gasteiger partial charge in [-0.15, -0.1) is 10.2 Å². The summed E-state index contributed by atoms with van der Waals surface area (Å²) in [5.74, 6) is 0. The number of aromatic nitrogens is 2. The van der Waals surface area contributed by atoms with E-state index < -0.39 is 4.92 Å². The van der Waals surface area contributed by atoms with Crippen LogP contribution >= 0.6 is 22.9 Å². The molecule has 0 fully saturated rings.